The maximum atomic E-state index is 13.9. The topological polar surface area (TPSA) is 236 Å². The van der Waals surface area contributed by atoms with Crippen LogP contribution in [0.15, 0.2) is 71.7 Å². The molecular formula is C38H53N9O6. The molecule has 286 valence electrons. The van der Waals surface area contributed by atoms with Crippen molar-refractivity contribution < 1.29 is 29.1 Å². The van der Waals surface area contributed by atoms with Crippen molar-refractivity contribution in [2.24, 2.45) is 28.3 Å². The Morgan fingerprint density at radius 1 is 0.830 bits per heavy atom. The van der Waals surface area contributed by atoms with Crippen molar-refractivity contribution in [2.45, 2.75) is 90.9 Å². The van der Waals surface area contributed by atoms with Crippen molar-refractivity contribution in [3.05, 3.63) is 83.7 Å². The van der Waals surface area contributed by atoms with Gasteiger partial charge in [0.2, 0.25) is 17.7 Å². The minimum atomic E-state index is -1.23. The second-order valence-electron chi connectivity index (χ2n) is 13.5. The summed E-state index contributed by atoms with van der Waals surface area (Å²) in [4.78, 5) is 70.9. The van der Waals surface area contributed by atoms with Crippen molar-refractivity contribution in [3.63, 3.8) is 0 Å². The molecule has 0 fully saturated rings. The highest BCUT2D eigenvalue weighted by molar-refractivity contribution is 5.98. The lowest BCUT2D eigenvalue weighted by Gasteiger charge is -2.29. The van der Waals surface area contributed by atoms with Gasteiger partial charge in [0.05, 0.1) is 5.69 Å². The highest BCUT2D eigenvalue weighted by Crippen LogP contribution is 2.15. The van der Waals surface area contributed by atoms with E-state index in [9.17, 15) is 29.1 Å². The van der Waals surface area contributed by atoms with E-state index in [1.54, 1.807) is 41.9 Å². The summed E-state index contributed by atoms with van der Waals surface area (Å²) >= 11 is 0. The molecule has 0 bridgehead atoms. The zero-order valence-corrected chi connectivity index (χ0v) is 31.0. The molecule has 0 spiro atoms. The van der Waals surface area contributed by atoms with Crippen LogP contribution >= 0.6 is 0 Å². The lowest BCUT2D eigenvalue weighted by Crippen LogP contribution is -2.59. The molecule has 0 aliphatic rings. The molecule has 9 N–H and O–H groups in total. The third-order valence-electron chi connectivity index (χ3n) is 8.72. The van der Waals surface area contributed by atoms with E-state index in [4.69, 9.17) is 11.5 Å². The average Bonchev–Trinajstić information content (AvgIpc) is 3.52. The number of aliphatic imine (C=N–C) groups is 1. The van der Waals surface area contributed by atoms with Crippen LogP contribution in [0.4, 0.5) is 0 Å². The number of carboxylic acid groups (broad SMARTS) is 1. The summed E-state index contributed by atoms with van der Waals surface area (Å²) < 4.78 is 1.62. The number of nitrogens with two attached hydrogens (primary N) is 2. The lowest BCUT2D eigenvalue weighted by molar-refractivity contribution is -0.142. The quantitative estimate of drug-likeness (QED) is 0.0512. The predicted molar refractivity (Wildman–Crippen MR) is 202 cm³/mol. The van der Waals surface area contributed by atoms with Crippen LogP contribution < -0.4 is 32.7 Å². The number of nitrogens with zero attached hydrogens (tertiary/aromatic N) is 3. The van der Waals surface area contributed by atoms with Gasteiger partial charge in [-0.1, -0.05) is 82.6 Å². The average molecular weight is 732 g/mol. The molecule has 5 atom stereocenters. The van der Waals surface area contributed by atoms with Crippen molar-refractivity contribution >= 4 is 35.6 Å². The molecule has 15 heteroatoms. The Balaban J connectivity index is 1.81. The van der Waals surface area contributed by atoms with E-state index in [0.29, 0.717) is 18.5 Å². The van der Waals surface area contributed by atoms with Crippen LogP contribution in [0.2, 0.25) is 0 Å². The van der Waals surface area contributed by atoms with Gasteiger partial charge in [-0.2, -0.15) is 5.10 Å². The smallest absolute Gasteiger partial charge is 0.326 e. The summed E-state index contributed by atoms with van der Waals surface area (Å²) in [6, 6.07) is 15.3. The van der Waals surface area contributed by atoms with Gasteiger partial charge < -0.3 is 37.8 Å². The number of carbonyl (C=O) groups is 5. The van der Waals surface area contributed by atoms with Crippen molar-refractivity contribution in [3.8, 4) is 5.69 Å². The maximum absolute atomic E-state index is 13.9. The van der Waals surface area contributed by atoms with E-state index in [1.165, 1.54) is 0 Å². The van der Waals surface area contributed by atoms with Crippen molar-refractivity contribution in [1.29, 1.82) is 0 Å². The van der Waals surface area contributed by atoms with Gasteiger partial charge in [-0.3, -0.25) is 24.2 Å². The number of aliphatic carboxylic acids is 1. The van der Waals surface area contributed by atoms with Crippen LogP contribution in [-0.2, 0) is 25.6 Å². The minimum absolute atomic E-state index is 0.0518. The van der Waals surface area contributed by atoms with Gasteiger partial charge in [0.25, 0.3) is 5.91 Å². The Labute approximate surface area is 310 Å². The summed E-state index contributed by atoms with van der Waals surface area (Å²) in [6.07, 6.45) is 1.24. The first-order chi connectivity index (χ1) is 25.2. The zero-order chi connectivity index (χ0) is 39.1. The standard InChI is InChI=1S/C38H53N9O6/c1-6-24(4)32(36(51)44-31(37(52)53)22-26-14-9-7-10-15-26)45-34(49)29(20-23(2)3)43-33(48)28(18-13-19-41-38(39)40)42-35(50)30-21-25(5)47(46-30)27-16-11-8-12-17-27/h7-12,14-17,21,23-24,28-29,31-32H,6,13,18-20,22H2,1-5H3,(H,42,50)(H,43,48)(H,44,51)(H,45,49)(H,52,53)(H4,39,40,41)/t24-,28-,29-,31-,32-/m0/s1. The Morgan fingerprint density at radius 2 is 1.43 bits per heavy atom. The normalized spacial score (nSPS) is 13.8. The molecule has 0 aliphatic heterocycles. The molecule has 15 nitrogen and oxygen atoms in total. The molecule has 0 aliphatic carbocycles. The molecule has 0 saturated carbocycles. The summed E-state index contributed by atoms with van der Waals surface area (Å²) in [5.74, 6) is -4.23. The number of amides is 4. The van der Waals surface area contributed by atoms with Gasteiger partial charge in [0.15, 0.2) is 11.7 Å². The second kappa shape index (κ2) is 20.3. The fourth-order valence-corrected chi connectivity index (χ4v) is 5.66. The van der Waals surface area contributed by atoms with Crippen LogP contribution in [0.5, 0.6) is 0 Å². The SMILES string of the molecule is CC[C@H](C)[C@H](NC(=O)[C@H](CC(C)C)NC(=O)[C@H](CCCN=C(N)N)NC(=O)c1cc(C)n(-c2ccccc2)n1)C(=O)N[C@@H](Cc1ccccc1)C(=O)O. The van der Waals surface area contributed by atoms with Crippen LogP contribution in [0, 0.1) is 18.8 Å². The first-order valence-corrected chi connectivity index (χ1v) is 17.9. The van der Waals surface area contributed by atoms with Crippen LogP contribution in [0.3, 0.4) is 0 Å². The number of guanidine groups is 1. The zero-order valence-electron chi connectivity index (χ0n) is 31.0. The van der Waals surface area contributed by atoms with Gasteiger partial charge in [-0.05, 0) is 61.8 Å². The highest BCUT2D eigenvalue weighted by Gasteiger charge is 2.34. The number of carbonyl (C=O) groups excluding carboxylic acids is 4. The van der Waals surface area contributed by atoms with Gasteiger partial charge in [-0.15, -0.1) is 0 Å². The first-order valence-electron chi connectivity index (χ1n) is 17.9. The molecule has 1 heterocycles. The molecule has 2 aromatic carbocycles. The molecule has 4 amide bonds. The van der Waals surface area contributed by atoms with Crippen LogP contribution in [0.1, 0.15) is 75.1 Å². The minimum Gasteiger partial charge on any atom is -0.480 e. The molecule has 53 heavy (non-hydrogen) atoms. The van der Waals surface area contributed by atoms with Crippen molar-refractivity contribution in [1.82, 2.24) is 31.0 Å². The molecule has 0 saturated heterocycles. The summed E-state index contributed by atoms with van der Waals surface area (Å²) in [5.41, 5.74) is 13.2. The Hall–Kier alpha value is -5.73. The first kappa shape index (κ1) is 41.7. The number of aromatic nitrogens is 2. The summed E-state index contributed by atoms with van der Waals surface area (Å²) in [6.45, 7) is 9.40. The van der Waals surface area contributed by atoms with E-state index < -0.39 is 53.8 Å². The predicted octanol–water partition coefficient (Wildman–Crippen LogP) is 2.21. The third kappa shape index (κ3) is 13.1. The monoisotopic (exact) mass is 731 g/mol. The number of benzene rings is 2. The van der Waals surface area contributed by atoms with E-state index in [-0.39, 0.29) is 49.3 Å². The number of aryl methyl sites for hydroxylation is 1. The molecular weight excluding hydrogens is 678 g/mol. The number of rotatable bonds is 20. The molecule has 3 rings (SSSR count). The summed E-state index contributed by atoms with van der Waals surface area (Å²) in [5, 5.41) is 25.2. The highest BCUT2D eigenvalue weighted by atomic mass is 16.4. The van der Waals surface area contributed by atoms with Gasteiger partial charge in [-0.25, -0.2) is 9.48 Å². The maximum Gasteiger partial charge on any atom is 0.326 e. The molecule has 3 aromatic rings. The van der Waals surface area contributed by atoms with Crippen molar-refractivity contribution in [2.75, 3.05) is 6.54 Å². The molecule has 0 unspecified atom stereocenters. The second-order valence-corrected chi connectivity index (χ2v) is 13.5. The number of hydrogen-bond donors (Lipinski definition) is 7. The van der Waals surface area contributed by atoms with Crippen LogP contribution in [-0.4, -0.2) is 81.2 Å². The number of hydrogen-bond acceptors (Lipinski definition) is 7. The number of nitrogens with one attached hydrogen (secondary N) is 4. The van der Waals surface area contributed by atoms with E-state index in [1.807, 2.05) is 64.1 Å². The number of carboxylic acids is 1. The summed E-state index contributed by atoms with van der Waals surface area (Å²) in [7, 11) is 0. The number of para-hydroxylation sites is 1. The fraction of sp³-hybridized carbons (Fsp3) is 0.447. The lowest BCUT2D eigenvalue weighted by atomic mass is 9.96. The van der Waals surface area contributed by atoms with Gasteiger partial charge >= 0.3 is 5.97 Å². The Kier molecular flexibility index (Phi) is 16.0. The van der Waals surface area contributed by atoms with Gasteiger partial charge in [0.1, 0.15) is 24.2 Å². The molecule has 1 aromatic heterocycles. The van der Waals surface area contributed by atoms with E-state index in [0.717, 1.165) is 11.3 Å². The Bertz CT molecular complexity index is 1710. The Morgan fingerprint density at radius 3 is 2.02 bits per heavy atom. The van der Waals surface area contributed by atoms with Crippen LogP contribution in [0.25, 0.3) is 5.69 Å². The largest absolute Gasteiger partial charge is 0.480 e. The third-order valence-corrected chi connectivity index (χ3v) is 8.72. The van der Waals surface area contributed by atoms with Gasteiger partial charge in [0, 0.05) is 18.7 Å². The van der Waals surface area contributed by atoms with E-state index in [2.05, 4.69) is 31.4 Å². The fourth-order valence-electron chi connectivity index (χ4n) is 5.66. The molecule has 0 radical (unpaired) electrons. The van der Waals surface area contributed by atoms with E-state index >= 15 is 0 Å².